The molecule has 1 heterocycles. The Morgan fingerprint density at radius 3 is 3.08 bits per heavy atom. The second kappa shape index (κ2) is 3.71. The van der Waals surface area contributed by atoms with Crippen molar-refractivity contribution in [3.05, 3.63) is 24.0 Å². The number of nitrogens with two attached hydrogens (primary N) is 1. The summed E-state index contributed by atoms with van der Waals surface area (Å²) in [6.07, 6.45) is 2.95. The lowest BCUT2D eigenvalue weighted by atomic mass is 10.2. The minimum atomic E-state index is -0.522. The van der Waals surface area contributed by atoms with E-state index in [0.717, 1.165) is 0 Å². The molecular formula is C8H10N2O2. The molecule has 4 nitrogen and oxygen atoms in total. The van der Waals surface area contributed by atoms with Crippen LogP contribution in [-0.2, 0) is 0 Å². The van der Waals surface area contributed by atoms with Crippen molar-refractivity contribution < 1.29 is 9.53 Å². The van der Waals surface area contributed by atoms with E-state index in [2.05, 4.69) is 4.98 Å². The fourth-order valence-electron chi connectivity index (χ4n) is 0.848. The third-order valence-electron chi connectivity index (χ3n) is 1.35. The van der Waals surface area contributed by atoms with E-state index in [1.165, 1.54) is 6.20 Å². The van der Waals surface area contributed by atoms with E-state index in [4.69, 9.17) is 10.5 Å². The number of carbonyl (C=O) groups is 1. The number of ether oxygens (including phenoxy) is 1. The number of hydrogen-bond donors (Lipinski definition) is 1. The van der Waals surface area contributed by atoms with Gasteiger partial charge in [-0.25, -0.2) is 0 Å². The Hall–Kier alpha value is -1.58. The average molecular weight is 166 g/mol. The molecule has 64 valence electrons. The van der Waals surface area contributed by atoms with Crippen LogP contribution in [0, 0.1) is 0 Å². The Bertz CT molecular complexity index is 286. The first kappa shape index (κ1) is 8.52. The summed E-state index contributed by atoms with van der Waals surface area (Å²) in [6.45, 7) is 2.34. The Labute approximate surface area is 70.4 Å². The van der Waals surface area contributed by atoms with E-state index in [1.807, 2.05) is 6.92 Å². The van der Waals surface area contributed by atoms with Crippen LogP contribution in [0.3, 0.4) is 0 Å². The number of carbonyl (C=O) groups excluding carboxylic acids is 1. The summed E-state index contributed by atoms with van der Waals surface area (Å²) in [7, 11) is 0. The van der Waals surface area contributed by atoms with Crippen molar-refractivity contribution in [3.8, 4) is 5.75 Å². The van der Waals surface area contributed by atoms with Crippen LogP contribution in [0.5, 0.6) is 5.75 Å². The van der Waals surface area contributed by atoms with E-state index in [1.54, 1.807) is 12.3 Å². The highest BCUT2D eigenvalue weighted by Crippen LogP contribution is 2.15. The van der Waals surface area contributed by atoms with Gasteiger partial charge in [0.15, 0.2) is 0 Å². The monoisotopic (exact) mass is 166 g/mol. The molecule has 1 amide bonds. The number of hydrogen-bond acceptors (Lipinski definition) is 3. The number of aromatic nitrogens is 1. The van der Waals surface area contributed by atoms with Gasteiger partial charge in [0.1, 0.15) is 5.75 Å². The Kier molecular flexibility index (Phi) is 2.63. The molecule has 0 fully saturated rings. The van der Waals surface area contributed by atoms with Crippen LogP contribution in [0.25, 0.3) is 0 Å². The molecule has 2 N–H and O–H groups in total. The van der Waals surface area contributed by atoms with Gasteiger partial charge in [-0.3, -0.25) is 9.78 Å². The molecule has 0 aliphatic rings. The van der Waals surface area contributed by atoms with Gasteiger partial charge in [-0.15, -0.1) is 0 Å². The second-order valence-corrected chi connectivity index (χ2v) is 2.17. The summed E-state index contributed by atoms with van der Waals surface area (Å²) in [5, 5.41) is 0. The van der Waals surface area contributed by atoms with Crippen LogP contribution in [0.4, 0.5) is 0 Å². The number of primary amides is 1. The summed E-state index contributed by atoms with van der Waals surface area (Å²) >= 11 is 0. The van der Waals surface area contributed by atoms with Crippen LogP contribution in [-0.4, -0.2) is 17.5 Å². The zero-order chi connectivity index (χ0) is 8.97. The van der Waals surface area contributed by atoms with E-state index in [0.29, 0.717) is 17.9 Å². The predicted octanol–water partition coefficient (Wildman–Crippen LogP) is 0.579. The van der Waals surface area contributed by atoms with Crippen LogP contribution in [0.1, 0.15) is 17.3 Å². The zero-order valence-electron chi connectivity index (χ0n) is 6.78. The summed E-state index contributed by atoms with van der Waals surface area (Å²) in [5.74, 6) is -0.0356. The molecule has 0 spiro atoms. The van der Waals surface area contributed by atoms with Crippen LogP contribution < -0.4 is 10.5 Å². The van der Waals surface area contributed by atoms with Gasteiger partial charge < -0.3 is 10.5 Å². The Morgan fingerprint density at radius 2 is 2.50 bits per heavy atom. The summed E-state index contributed by atoms with van der Waals surface area (Å²) in [4.78, 5) is 14.6. The summed E-state index contributed by atoms with van der Waals surface area (Å²) < 4.78 is 5.16. The predicted molar refractivity (Wildman–Crippen MR) is 43.9 cm³/mol. The molecule has 0 bridgehead atoms. The fourth-order valence-corrected chi connectivity index (χ4v) is 0.848. The zero-order valence-corrected chi connectivity index (χ0v) is 6.78. The molecule has 4 heteroatoms. The first-order chi connectivity index (χ1) is 5.75. The third-order valence-corrected chi connectivity index (χ3v) is 1.35. The molecule has 0 aromatic carbocycles. The second-order valence-electron chi connectivity index (χ2n) is 2.17. The van der Waals surface area contributed by atoms with Crippen molar-refractivity contribution >= 4 is 5.91 Å². The number of nitrogens with zero attached hydrogens (tertiary/aromatic N) is 1. The molecule has 1 aromatic rings. The van der Waals surface area contributed by atoms with E-state index in [-0.39, 0.29) is 0 Å². The van der Waals surface area contributed by atoms with Gasteiger partial charge >= 0.3 is 0 Å². The molecular weight excluding hydrogens is 156 g/mol. The van der Waals surface area contributed by atoms with E-state index in [9.17, 15) is 4.79 Å². The van der Waals surface area contributed by atoms with Gasteiger partial charge in [0.05, 0.1) is 12.2 Å². The van der Waals surface area contributed by atoms with Gasteiger partial charge in [-0.2, -0.15) is 0 Å². The van der Waals surface area contributed by atoms with Crippen LogP contribution >= 0.6 is 0 Å². The highest BCUT2D eigenvalue weighted by molar-refractivity contribution is 5.95. The van der Waals surface area contributed by atoms with Gasteiger partial charge in [0.2, 0.25) is 0 Å². The lowest BCUT2D eigenvalue weighted by molar-refractivity contribution is 0.0996. The molecule has 0 saturated heterocycles. The molecule has 0 aliphatic carbocycles. The highest BCUT2D eigenvalue weighted by Gasteiger charge is 2.07. The fraction of sp³-hybridized carbons (Fsp3) is 0.250. The van der Waals surface area contributed by atoms with Crippen molar-refractivity contribution in [2.45, 2.75) is 6.92 Å². The first-order valence-corrected chi connectivity index (χ1v) is 3.62. The average Bonchev–Trinajstić information content (AvgIpc) is 2.05. The van der Waals surface area contributed by atoms with Crippen LogP contribution in [0.15, 0.2) is 18.5 Å². The van der Waals surface area contributed by atoms with Gasteiger partial charge in [-0.1, -0.05) is 0 Å². The standard InChI is InChI=1S/C8H10N2O2/c1-2-12-7-3-4-10-5-6(7)8(9)11/h3-5H,2H2,1H3,(H2,9,11). The molecule has 0 aliphatic heterocycles. The van der Waals surface area contributed by atoms with Crippen molar-refractivity contribution in [3.63, 3.8) is 0 Å². The van der Waals surface area contributed by atoms with E-state index >= 15 is 0 Å². The van der Waals surface area contributed by atoms with Crippen molar-refractivity contribution in [1.29, 1.82) is 0 Å². The SMILES string of the molecule is CCOc1ccncc1C(N)=O. The molecule has 1 aromatic heterocycles. The largest absolute Gasteiger partial charge is 0.493 e. The molecule has 0 atom stereocenters. The Morgan fingerprint density at radius 1 is 1.75 bits per heavy atom. The minimum absolute atomic E-state index is 0.319. The number of amides is 1. The topological polar surface area (TPSA) is 65.2 Å². The van der Waals surface area contributed by atoms with Crippen LogP contribution in [0.2, 0.25) is 0 Å². The quantitative estimate of drug-likeness (QED) is 0.714. The molecule has 0 saturated carbocycles. The highest BCUT2D eigenvalue weighted by atomic mass is 16.5. The van der Waals surface area contributed by atoms with Gasteiger partial charge in [0.25, 0.3) is 5.91 Å². The summed E-state index contributed by atoms with van der Waals surface area (Å²) in [6, 6.07) is 1.61. The Balaban J connectivity index is 3.00. The molecule has 0 radical (unpaired) electrons. The van der Waals surface area contributed by atoms with E-state index < -0.39 is 5.91 Å². The maximum absolute atomic E-state index is 10.8. The lowest BCUT2D eigenvalue weighted by Gasteiger charge is -2.05. The minimum Gasteiger partial charge on any atom is -0.493 e. The maximum atomic E-state index is 10.8. The first-order valence-electron chi connectivity index (χ1n) is 3.62. The molecule has 1 rings (SSSR count). The number of pyridine rings is 1. The lowest BCUT2D eigenvalue weighted by Crippen LogP contribution is -2.13. The van der Waals surface area contributed by atoms with Crippen molar-refractivity contribution in [2.75, 3.05) is 6.61 Å². The van der Waals surface area contributed by atoms with Crippen molar-refractivity contribution in [1.82, 2.24) is 4.98 Å². The van der Waals surface area contributed by atoms with Crippen molar-refractivity contribution in [2.24, 2.45) is 5.73 Å². The van der Waals surface area contributed by atoms with Gasteiger partial charge in [-0.05, 0) is 13.0 Å². The molecule has 0 unspecified atom stereocenters. The smallest absolute Gasteiger partial charge is 0.254 e. The summed E-state index contributed by atoms with van der Waals surface area (Å²) in [5.41, 5.74) is 5.40. The number of rotatable bonds is 3. The molecule has 12 heavy (non-hydrogen) atoms. The third kappa shape index (κ3) is 1.72. The maximum Gasteiger partial charge on any atom is 0.254 e. The normalized spacial score (nSPS) is 9.42. The van der Waals surface area contributed by atoms with Gasteiger partial charge in [0, 0.05) is 12.4 Å².